The molecule has 2 aliphatic heterocycles. The fourth-order valence-electron chi connectivity index (χ4n) is 3.40. The van der Waals surface area contributed by atoms with Gasteiger partial charge in [0.05, 0.1) is 12.7 Å². The highest BCUT2D eigenvalue weighted by Crippen LogP contribution is 2.21. The summed E-state index contributed by atoms with van der Waals surface area (Å²) in [5.74, 6) is 0.959. The van der Waals surface area contributed by atoms with Crippen LogP contribution in [0.25, 0.3) is 0 Å². The van der Waals surface area contributed by atoms with E-state index in [1.807, 2.05) is 18.2 Å². The third-order valence-corrected chi connectivity index (χ3v) is 5.08. The number of guanidine groups is 1. The van der Waals surface area contributed by atoms with Crippen LogP contribution in [0, 0.1) is 0 Å². The van der Waals surface area contributed by atoms with Crippen LogP contribution < -0.4 is 5.32 Å². The minimum Gasteiger partial charge on any atom is -0.375 e. The first-order valence-corrected chi connectivity index (χ1v) is 9.65. The van der Waals surface area contributed by atoms with E-state index in [2.05, 4.69) is 23.2 Å². The van der Waals surface area contributed by atoms with E-state index in [-0.39, 0.29) is 12.2 Å². The van der Waals surface area contributed by atoms with Crippen LogP contribution in [-0.4, -0.2) is 62.5 Å². The van der Waals surface area contributed by atoms with Crippen molar-refractivity contribution in [3.05, 3.63) is 34.9 Å². The lowest BCUT2D eigenvalue weighted by atomic mass is 10.1. The van der Waals surface area contributed by atoms with Crippen LogP contribution in [0.2, 0.25) is 5.02 Å². The van der Waals surface area contributed by atoms with Crippen molar-refractivity contribution in [1.29, 1.82) is 0 Å². The zero-order valence-electron chi connectivity index (χ0n) is 14.9. The van der Waals surface area contributed by atoms with Crippen molar-refractivity contribution in [2.75, 3.05) is 39.4 Å². The Labute approximate surface area is 155 Å². The third kappa shape index (κ3) is 5.09. The van der Waals surface area contributed by atoms with Crippen molar-refractivity contribution >= 4 is 17.6 Å². The average molecular weight is 366 g/mol. The molecule has 1 aromatic carbocycles. The summed E-state index contributed by atoms with van der Waals surface area (Å²) in [4.78, 5) is 7.11. The van der Waals surface area contributed by atoms with Crippen molar-refractivity contribution < 1.29 is 9.47 Å². The highest BCUT2D eigenvalue weighted by atomic mass is 35.5. The molecule has 2 unspecified atom stereocenters. The summed E-state index contributed by atoms with van der Waals surface area (Å²) in [6.45, 7) is 6.95. The Balaban J connectivity index is 1.60. The molecule has 2 aliphatic rings. The number of morpholine rings is 1. The maximum Gasteiger partial charge on any atom is 0.194 e. The first-order chi connectivity index (χ1) is 12.3. The zero-order valence-corrected chi connectivity index (χ0v) is 15.7. The quantitative estimate of drug-likeness (QED) is 0.643. The monoisotopic (exact) mass is 365 g/mol. The van der Waals surface area contributed by atoms with Crippen LogP contribution in [0.1, 0.15) is 25.3 Å². The predicted molar refractivity (Wildman–Crippen MR) is 101 cm³/mol. The number of hydrogen-bond acceptors (Lipinski definition) is 3. The number of nitrogens with one attached hydrogen (secondary N) is 1. The van der Waals surface area contributed by atoms with Gasteiger partial charge in [0.1, 0.15) is 6.10 Å². The molecule has 2 atom stereocenters. The Morgan fingerprint density at radius 3 is 2.88 bits per heavy atom. The van der Waals surface area contributed by atoms with Gasteiger partial charge in [-0.05, 0) is 37.8 Å². The number of hydrogen-bond donors (Lipinski definition) is 1. The third-order valence-electron chi connectivity index (χ3n) is 4.71. The second kappa shape index (κ2) is 9.41. The van der Waals surface area contributed by atoms with Gasteiger partial charge < -0.3 is 19.7 Å². The van der Waals surface area contributed by atoms with E-state index < -0.39 is 0 Å². The maximum absolute atomic E-state index is 6.24. The van der Waals surface area contributed by atoms with Crippen molar-refractivity contribution in [2.45, 2.75) is 38.4 Å². The minimum absolute atomic E-state index is 0.142. The molecule has 2 saturated heterocycles. The van der Waals surface area contributed by atoms with Gasteiger partial charge in [0, 0.05) is 37.8 Å². The number of rotatable bonds is 5. The van der Waals surface area contributed by atoms with Gasteiger partial charge in [-0.15, -0.1) is 0 Å². The lowest BCUT2D eigenvalue weighted by Crippen LogP contribution is -2.53. The van der Waals surface area contributed by atoms with Gasteiger partial charge in [0.25, 0.3) is 0 Å². The molecule has 0 radical (unpaired) electrons. The van der Waals surface area contributed by atoms with Crippen LogP contribution in [0.4, 0.5) is 0 Å². The summed E-state index contributed by atoms with van der Waals surface area (Å²) in [6, 6.07) is 7.97. The molecule has 6 heteroatoms. The molecule has 1 N–H and O–H groups in total. The van der Waals surface area contributed by atoms with Gasteiger partial charge in [-0.25, -0.2) is 0 Å². The molecule has 138 valence electrons. The van der Waals surface area contributed by atoms with Crippen molar-refractivity contribution in [2.24, 2.45) is 4.99 Å². The largest absolute Gasteiger partial charge is 0.375 e. The lowest BCUT2D eigenvalue weighted by molar-refractivity contribution is -0.0817. The van der Waals surface area contributed by atoms with E-state index in [1.54, 1.807) is 0 Å². The summed E-state index contributed by atoms with van der Waals surface area (Å²) in [7, 11) is 0. The Morgan fingerprint density at radius 2 is 2.12 bits per heavy atom. The zero-order chi connectivity index (χ0) is 17.5. The van der Waals surface area contributed by atoms with E-state index in [0.29, 0.717) is 6.54 Å². The van der Waals surface area contributed by atoms with E-state index in [0.717, 1.165) is 68.7 Å². The van der Waals surface area contributed by atoms with Crippen LogP contribution in [0.5, 0.6) is 0 Å². The molecule has 25 heavy (non-hydrogen) atoms. The molecule has 0 aliphatic carbocycles. The fourth-order valence-corrected chi connectivity index (χ4v) is 3.63. The number of nitrogens with zero attached hydrogens (tertiary/aromatic N) is 2. The van der Waals surface area contributed by atoms with E-state index >= 15 is 0 Å². The van der Waals surface area contributed by atoms with Gasteiger partial charge in [0.15, 0.2) is 5.96 Å². The Bertz CT molecular complexity index is 576. The first-order valence-electron chi connectivity index (χ1n) is 9.28. The number of halogens is 1. The second-order valence-corrected chi connectivity index (χ2v) is 6.89. The molecule has 5 nitrogen and oxygen atoms in total. The van der Waals surface area contributed by atoms with Crippen molar-refractivity contribution in [1.82, 2.24) is 10.2 Å². The predicted octanol–water partition coefficient (Wildman–Crippen LogP) is 2.73. The van der Waals surface area contributed by atoms with Crippen molar-refractivity contribution in [3.63, 3.8) is 0 Å². The Kier molecular flexibility index (Phi) is 6.96. The normalized spacial score (nSPS) is 24.6. The molecule has 0 spiro atoms. The van der Waals surface area contributed by atoms with Gasteiger partial charge in [-0.3, -0.25) is 4.99 Å². The smallest absolute Gasteiger partial charge is 0.194 e. The molecule has 0 amide bonds. The van der Waals surface area contributed by atoms with Gasteiger partial charge in [-0.1, -0.05) is 29.8 Å². The van der Waals surface area contributed by atoms with Crippen LogP contribution >= 0.6 is 11.6 Å². The molecule has 3 rings (SSSR count). The molecular formula is C19H28ClN3O2. The van der Waals surface area contributed by atoms with Crippen LogP contribution in [0.3, 0.4) is 0 Å². The summed E-state index contributed by atoms with van der Waals surface area (Å²) in [6.07, 6.45) is 3.45. The summed E-state index contributed by atoms with van der Waals surface area (Å²) >= 11 is 6.24. The fraction of sp³-hybridized carbons (Fsp3) is 0.632. The van der Waals surface area contributed by atoms with E-state index in [4.69, 9.17) is 26.1 Å². The molecule has 0 aromatic heterocycles. The lowest BCUT2D eigenvalue weighted by Gasteiger charge is -2.37. The minimum atomic E-state index is 0.142. The maximum atomic E-state index is 6.24. The topological polar surface area (TPSA) is 46.1 Å². The first kappa shape index (κ1) is 18.5. The standard InChI is InChI=1S/C19H28ClN3O2/c1-2-21-19(22-10-9-15-6-3-4-7-16(15)20)23-11-13-25-18(14-23)17-8-5-12-24-17/h3-4,6-7,17-18H,2,5,8-14H2,1H3,(H,21,22). The van der Waals surface area contributed by atoms with E-state index in [9.17, 15) is 0 Å². The molecule has 1 aromatic rings. The molecule has 0 saturated carbocycles. The Morgan fingerprint density at radius 1 is 1.28 bits per heavy atom. The SMILES string of the molecule is CCNC(=NCCc1ccccc1Cl)N1CCOC(C2CCCO2)C1. The van der Waals surface area contributed by atoms with Crippen LogP contribution in [-0.2, 0) is 15.9 Å². The highest BCUT2D eigenvalue weighted by Gasteiger charge is 2.32. The number of ether oxygens (including phenoxy) is 2. The van der Waals surface area contributed by atoms with Gasteiger partial charge in [0.2, 0.25) is 0 Å². The molecule has 0 bridgehead atoms. The van der Waals surface area contributed by atoms with Gasteiger partial charge in [-0.2, -0.15) is 0 Å². The second-order valence-electron chi connectivity index (χ2n) is 6.48. The molecule has 2 fully saturated rings. The summed E-state index contributed by atoms with van der Waals surface area (Å²) in [5.41, 5.74) is 1.14. The van der Waals surface area contributed by atoms with Crippen molar-refractivity contribution in [3.8, 4) is 0 Å². The van der Waals surface area contributed by atoms with Gasteiger partial charge >= 0.3 is 0 Å². The van der Waals surface area contributed by atoms with E-state index in [1.165, 1.54) is 0 Å². The average Bonchev–Trinajstić information content (AvgIpc) is 3.17. The van der Waals surface area contributed by atoms with Crippen LogP contribution in [0.15, 0.2) is 29.3 Å². The summed E-state index contributed by atoms with van der Waals surface area (Å²) in [5, 5.41) is 4.22. The number of benzene rings is 1. The Hall–Kier alpha value is -1.30. The highest BCUT2D eigenvalue weighted by molar-refractivity contribution is 6.31. The molecule has 2 heterocycles. The summed E-state index contributed by atoms with van der Waals surface area (Å²) < 4.78 is 11.7. The number of aliphatic imine (C=N–C) groups is 1. The molecular weight excluding hydrogens is 338 g/mol.